The first-order chi connectivity index (χ1) is 13.0. The van der Waals surface area contributed by atoms with E-state index in [4.69, 9.17) is 9.26 Å². The zero-order chi connectivity index (χ0) is 19.4. The van der Waals surface area contributed by atoms with Crippen LogP contribution in [-0.4, -0.2) is 43.1 Å². The summed E-state index contributed by atoms with van der Waals surface area (Å²) in [6.07, 6.45) is 0. The van der Waals surface area contributed by atoms with E-state index in [1.54, 1.807) is 11.9 Å². The molecule has 0 aliphatic heterocycles. The van der Waals surface area contributed by atoms with Crippen LogP contribution in [0.25, 0.3) is 10.8 Å². The van der Waals surface area contributed by atoms with Crippen LogP contribution in [0.5, 0.6) is 5.75 Å². The van der Waals surface area contributed by atoms with E-state index < -0.39 is 0 Å². The van der Waals surface area contributed by atoms with Crippen LogP contribution < -0.4 is 10.1 Å². The lowest BCUT2D eigenvalue weighted by Crippen LogP contribution is -2.33. The third kappa shape index (κ3) is 4.11. The van der Waals surface area contributed by atoms with Crippen molar-refractivity contribution in [2.45, 2.75) is 20.5 Å². The summed E-state index contributed by atoms with van der Waals surface area (Å²) in [6.45, 7) is 5.39. The Morgan fingerprint density at radius 1 is 1.22 bits per heavy atom. The minimum absolute atomic E-state index is 0.0650. The van der Waals surface area contributed by atoms with Crippen molar-refractivity contribution in [3.05, 3.63) is 59.0 Å². The summed E-state index contributed by atoms with van der Waals surface area (Å²) < 4.78 is 11.3. The second-order valence-corrected chi connectivity index (χ2v) is 6.62. The van der Waals surface area contributed by atoms with Gasteiger partial charge in [-0.25, -0.2) is 0 Å². The number of benzene rings is 2. The van der Waals surface area contributed by atoms with Crippen molar-refractivity contribution in [2.75, 3.05) is 27.2 Å². The maximum Gasteiger partial charge on any atom is 0.257 e. The predicted molar refractivity (Wildman–Crippen MR) is 105 cm³/mol. The van der Waals surface area contributed by atoms with Crippen LogP contribution in [0.3, 0.4) is 0 Å². The van der Waals surface area contributed by atoms with Gasteiger partial charge in [0.25, 0.3) is 5.91 Å². The SMILES string of the molecule is CNCCN(C)C(=O)c1cc2ccccc2cc1OCc1c(C)noc1C. The highest BCUT2D eigenvalue weighted by Gasteiger charge is 2.19. The Kier molecular flexibility index (Phi) is 5.76. The fourth-order valence-corrected chi connectivity index (χ4v) is 2.95. The molecular weight excluding hydrogens is 342 g/mol. The van der Waals surface area contributed by atoms with E-state index in [-0.39, 0.29) is 5.91 Å². The molecule has 3 rings (SSSR count). The first-order valence-corrected chi connectivity index (χ1v) is 8.98. The molecule has 0 spiro atoms. The minimum atomic E-state index is -0.0650. The maximum absolute atomic E-state index is 13.0. The van der Waals surface area contributed by atoms with E-state index in [0.717, 1.165) is 34.3 Å². The Bertz CT molecular complexity index is 929. The van der Waals surface area contributed by atoms with E-state index in [1.807, 2.05) is 57.3 Å². The second-order valence-electron chi connectivity index (χ2n) is 6.62. The first-order valence-electron chi connectivity index (χ1n) is 8.98. The molecule has 1 heterocycles. The minimum Gasteiger partial charge on any atom is -0.488 e. The fraction of sp³-hybridized carbons (Fsp3) is 0.333. The third-order valence-electron chi connectivity index (χ3n) is 4.68. The van der Waals surface area contributed by atoms with Gasteiger partial charge in [-0.1, -0.05) is 29.4 Å². The molecule has 0 aliphatic carbocycles. The third-order valence-corrected chi connectivity index (χ3v) is 4.68. The average molecular weight is 367 g/mol. The van der Waals surface area contributed by atoms with Crippen LogP contribution in [0, 0.1) is 13.8 Å². The van der Waals surface area contributed by atoms with Crippen LogP contribution in [0.1, 0.15) is 27.4 Å². The van der Waals surface area contributed by atoms with Crippen molar-refractivity contribution in [3.8, 4) is 5.75 Å². The van der Waals surface area contributed by atoms with Crippen LogP contribution in [0.4, 0.5) is 0 Å². The first kappa shape index (κ1) is 18.9. The molecule has 0 aliphatic rings. The Labute approximate surface area is 159 Å². The fourth-order valence-electron chi connectivity index (χ4n) is 2.95. The van der Waals surface area contributed by atoms with Crippen LogP contribution in [0.15, 0.2) is 40.9 Å². The number of aromatic nitrogens is 1. The number of hydrogen-bond donors (Lipinski definition) is 1. The lowest BCUT2D eigenvalue weighted by atomic mass is 10.0. The Hall–Kier alpha value is -2.86. The molecule has 0 unspecified atom stereocenters. The summed E-state index contributed by atoms with van der Waals surface area (Å²) in [6, 6.07) is 11.8. The van der Waals surface area contributed by atoms with Gasteiger partial charge in [0.15, 0.2) is 0 Å². The van der Waals surface area contributed by atoms with Gasteiger partial charge in [-0.05, 0) is 43.8 Å². The zero-order valence-corrected chi connectivity index (χ0v) is 16.2. The Balaban J connectivity index is 1.94. The van der Waals surface area contributed by atoms with Gasteiger partial charge in [-0.2, -0.15) is 0 Å². The number of carbonyl (C=O) groups excluding carboxylic acids is 1. The van der Waals surface area contributed by atoms with E-state index in [0.29, 0.717) is 24.5 Å². The van der Waals surface area contributed by atoms with Crippen molar-refractivity contribution in [3.63, 3.8) is 0 Å². The van der Waals surface area contributed by atoms with Gasteiger partial charge in [0.1, 0.15) is 18.1 Å². The number of aryl methyl sites for hydroxylation is 2. The van der Waals surface area contributed by atoms with Crippen LogP contribution in [-0.2, 0) is 6.61 Å². The summed E-state index contributed by atoms with van der Waals surface area (Å²) in [7, 11) is 3.67. The van der Waals surface area contributed by atoms with Crippen molar-refractivity contribution in [1.29, 1.82) is 0 Å². The number of carbonyl (C=O) groups is 1. The highest BCUT2D eigenvalue weighted by atomic mass is 16.5. The van der Waals surface area contributed by atoms with Gasteiger partial charge in [-0.3, -0.25) is 4.79 Å². The van der Waals surface area contributed by atoms with Crippen LogP contribution in [0.2, 0.25) is 0 Å². The lowest BCUT2D eigenvalue weighted by molar-refractivity contribution is 0.0792. The van der Waals surface area contributed by atoms with E-state index in [1.165, 1.54) is 0 Å². The highest BCUT2D eigenvalue weighted by Crippen LogP contribution is 2.28. The molecule has 6 nitrogen and oxygen atoms in total. The molecule has 27 heavy (non-hydrogen) atoms. The molecule has 0 fully saturated rings. The Morgan fingerprint density at radius 3 is 2.56 bits per heavy atom. The summed E-state index contributed by atoms with van der Waals surface area (Å²) in [5, 5.41) is 9.06. The topological polar surface area (TPSA) is 67.6 Å². The summed E-state index contributed by atoms with van der Waals surface area (Å²) in [5.74, 6) is 1.23. The van der Waals surface area contributed by atoms with Crippen molar-refractivity contribution in [2.24, 2.45) is 0 Å². The molecular formula is C21H25N3O3. The van der Waals surface area contributed by atoms with Gasteiger partial charge in [0.05, 0.1) is 16.8 Å². The molecule has 0 radical (unpaired) electrons. The molecule has 2 aromatic carbocycles. The van der Waals surface area contributed by atoms with Crippen molar-refractivity contribution in [1.82, 2.24) is 15.4 Å². The van der Waals surface area contributed by atoms with Gasteiger partial charge in [-0.15, -0.1) is 0 Å². The quantitative estimate of drug-likeness (QED) is 0.694. The van der Waals surface area contributed by atoms with Crippen molar-refractivity contribution < 1.29 is 14.1 Å². The van der Waals surface area contributed by atoms with Gasteiger partial charge >= 0.3 is 0 Å². The smallest absolute Gasteiger partial charge is 0.257 e. The zero-order valence-electron chi connectivity index (χ0n) is 16.2. The molecule has 142 valence electrons. The molecule has 0 saturated heterocycles. The number of fused-ring (bicyclic) bond motifs is 1. The molecule has 0 bridgehead atoms. The van der Waals surface area contributed by atoms with E-state index >= 15 is 0 Å². The van der Waals surface area contributed by atoms with Crippen molar-refractivity contribution >= 4 is 16.7 Å². The predicted octanol–water partition coefficient (Wildman–Crippen LogP) is 3.32. The molecule has 1 amide bonds. The van der Waals surface area contributed by atoms with E-state index in [2.05, 4.69) is 10.5 Å². The molecule has 0 atom stereocenters. The second kappa shape index (κ2) is 8.22. The number of likely N-dealkylation sites (N-methyl/N-ethyl adjacent to an activating group) is 2. The summed E-state index contributed by atoms with van der Waals surface area (Å²) in [4.78, 5) is 14.7. The van der Waals surface area contributed by atoms with Gasteiger partial charge in [0, 0.05) is 20.1 Å². The standard InChI is InChI=1S/C21H25N3O3/c1-14-19(15(2)27-23-14)13-26-20-12-17-8-6-5-7-16(17)11-18(20)21(25)24(4)10-9-22-3/h5-8,11-12,22H,9-10,13H2,1-4H3. The molecule has 1 N–H and O–H groups in total. The number of hydrogen-bond acceptors (Lipinski definition) is 5. The monoisotopic (exact) mass is 367 g/mol. The summed E-state index contributed by atoms with van der Waals surface area (Å²) in [5.41, 5.74) is 2.26. The number of amides is 1. The van der Waals surface area contributed by atoms with Gasteiger partial charge in [0.2, 0.25) is 0 Å². The molecule has 0 saturated carbocycles. The average Bonchev–Trinajstić information content (AvgIpc) is 3.00. The lowest BCUT2D eigenvalue weighted by Gasteiger charge is -2.20. The normalized spacial score (nSPS) is 11.0. The van der Waals surface area contributed by atoms with Gasteiger partial charge < -0.3 is 19.5 Å². The number of nitrogens with one attached hydrogen (secondary N) is 1. The summed E-state index contributed by atoms with van der Waals surface area (Å²) >= 11 is 0. The molecule has 3 aromatic rings. The Morgan fingerprint density at radius 2 is 1.93 bits per heavy atom. The maximum atomic E-state index is 13.0. The molecule has 6 heteroatoms. The largest absolute Gasteiger partial charge is 0.488 e. The van der Waals surface area contributed by atoms with Crippen LogP contribution >= 0.6 is 0 Å². The molecule has 1 aromatic heterocycles. The number of rotatable bonds is 7. The number of nitrogens with zero attached hydrogens (tertiary/aromatic N) is 2. The number of ether oxygens (including phenoxy) is 1. The highest BCUT2D eigenvalue weighted by molar-refractivity contribution is 6.01. The van der Waals surface area contributed by atoms with E-state index in [9.17, 15) is 4.79 Å².